The van der Waals surface area contributed by atoms with E-state index >= 15 is 0 Å². The zero-order chi connectivity index (χ0) is 15.0. The van der Waals surface area contributed by atoms with E-state index in [0.717, 1.165) is 4.88 Å². The molecule has 108 valence electrons. The first-order valence-corrected chi connectivity index (χ1v) is 7.27. The van der Waals surface area contributed by atoms with Gasteiger partial charge in [-0.25, -0.2) is 4.98 Å². The first-order chi connectivity index (χ1) is 10.1. The number of rotatable bonds is 3. The number of hydrogen-bond acceptors (Lipinski definition) is 5. The lowest BCUT2D eigenvalue weighted by molar-refractivity contribution is 0.0940. The molecule has 0 radical (unpaired) electrons. The van der Waals surface area contributed by atoms with Crippen LogP contribution in [0.2, 0.25) is 0 Å². The molecular formula is C14H13N3O3S. The molecule has 0 aliphatic carbocycles. The van der Waals surface area contributed by atoms with Gasteiger partial charge in [-0.1, -0.05) is 6.07 Å². The highest BCUT2D eigenvalue weighted by Crippen LogP contribution is 2.23. The van der Waals surface area contributed by atoms with Gasteiger partial charge in [-0.2, -0.15) is 0 Å². The van der Waals surface area contributed by atoms with Crippen LogP contribution >= 0.6 is 11.3 Å². The Kier molecular flexibility index (Phi) is 3.34. The highest BCUT2D eigenvalue weighted by atomic mass is 32.1. The lowest BCUT2D eigenvalue weighted by Gasteiger charge is -2.11. The number of hydrogen-bond donors (Lipinski definition) is 2. The van der Waals surface area contributed by atoms with E-state index in [2.05, 4.69) is 15.3 Å². The summed E-state index contributed by atoms with van der Waals surface area (Å²) >= 11 is 1.56. The summed E-state index contributed by atoms with van der Waals surface area (Å²) in [5, 5.41) is 5.01. The number of nitrogens with one attached hydrogen (secondary N) is 2. The Hall–Kier alpha value is -2.41. The van der Waals surface area contributed by atoms with Crippen molar-refractivity contribution < 1.29 is 9.21 Å². The van der Waals surface area contributed by atoms with Gasteiger partial charge in [0.2, 0.25) is 5.71 Å². The van der Waals surface area contributed by atoms with Crippen LogP contribution in [-0.2, 0) is 0 Å². The van der Waals surface area contributed by atoms with Crippen LogP contribution in [0, 0.1) is 6.92 Å². The van der Waals surface area contributed by atoms with Gasteiger partial charge in [-0.3, -0.25) is 9.59 Å². The summed E-state index contributed by atoms with van der Waals surface area (Å²) in [6.07, 6.45) is 1.25. The molecule has 0 saturated carbocycles. The number of carbonyl (C=O) groups excluding carboxylic acids is 1. The summed E-state index contributed by atoms with van der Waals surface area (Å²) in [6.45, 7) is 3.54. The Labute approximate surface area is 123 Å². The molecule has 3 aromatic rings. The van der Waals surface area contributed by atoms with Crippen molar-refractivity contribution in [3.8, 4) is 0 Å². The number of carbonyl (C=O) groups is 1. The van der Waals surface area contributed by atoms with Crippen molar-refractivity contribution in [3.05, 3.63) is 50.4 Å². The first kappa shape index (κ1) is 13.6. The van der Waals surface area contributed by atoms with Crippen LogP contribution in [0.4, 0.5) is 0 Å². The molecule has 3 aromatic heterocycles. The van der Waals surface area contributed by atoms with Gasteiger partial charge in [0.1, 0.15) is 11.1 Å². The number of amides is 1. The number of nitrogens with zero attached hydrogens (tertiary/aromatic N) is 1. The third kappa shape index (κ3) is 2.36. The lowest BCUT2D eigenvalue weighted by atomic mass is 10.1. The van der Waals surface area contributed by atoms with E-state index < -0.39 is 0 Å². The van der Waals surface area contributed by atoms with Crippen molar-refractivity contribution in [3.63, 3.8) is 0 Å². The molecule has 6 nitrogen and oxygen atoms in total. The molecular weight excluding hydrogens is 290 g/mol. The SMILES string of the molecule is Cc1oc2nc[nH]c(=O)c2c1C(=O)N[C@H](C)c1cccs1. The molecule has 21 heavy (non-hydrogen) atoms. The zero-order valence-electron chi connectivity index (χ0n) is 11.5. The molecule has 3 rings (SSSR count). The molecule has 1 atom stereocenters. The van der Waals surface area contributed by atoms with Crippen LogP contribution in [0.1, 0.15) is 34.0 Å². The van der Waals surface area contributed by atoms with Crippen LogP contribution in [0.25, 0.3) is 11.1 Å². The van der Waals surface area contributed by atoms with Crippen molar-refractivity contribution in [1.29, 1.82) is 0 Å². The van der Waals surface area contributed by atoms with Crippen LogP contribution in [0.5, 0.6) is 0 Å². The molecule has 0 fully saturated rings. The molecule has 2 N–H and O–H groups in total. The van der Waals surface area contributed by atoms with E-state index in [9.17, 15) is 9.59 Å². The molecule has 0 aliphatic rings. The molecule has 0 bridgehead atoms. The number of furan rings is 1. The Morgan fingerprint density at radius 1 is 1.52 bits per heavy atom. The van der Waals surface area contributed by atoms with Gasteiger partial charge in [0.15, 0.2) is 0 Å². The minimum Gasteiger partial charge on any atom is -0.442 e. The fraction of sp³-hybridized carbons (Fsp3) is 0.214. The van der Waals surface area contributed by atoms with Crippen LogP contribution in [-0.4, -0.2) is 15.9 Å². The van der Waals surface area contributed by atoms with Crippen molar-refractivity contribution in [2.24, 2.45) is 0 Å². The van der Waals surface area contributed by atoms with Gasteiger partial charge in [-0.15, -0.1) is 11.3 Å². The van der Waals surface area contributed by atoms with Crippen molar-refractivity contribution >= 4 is 28.3 Å². The van der Waals surface area contributed by atoms with E-state index in [1.54, 1.807) is 18.3 Å². The summed E-state index contributed by atoms with van der Waals surface area (Å²) in [5.74, 6) is 0.0377. The second-order valence-corrected chi connectivity index (χ2v) is 5.63. The van der Waals surface area contributed by atoms with Gasteiger partial charge in [0, 0.05) is 4.88 Å². The average molecular weight is 303 g/mol. The minimum absolute atomic E-state index is 0.141. The maximum atomic E-state index is 12.5. The quantitative estimate of drug-likeness (QED) is 0.777. The highest BCUT2D eigenvalue weighted by Gasteiger charge is 2.23. The topological polar surface area (TPSA) is 88.0 Å². The predicted molar refractivity (Wildman–Crippen MR) is 79.6 cm³/mol. The van der Waals surface area contributed by atoms with Crippen LogP contribution in [0.15, 0.2) is 33.1 Å². The van der Waals surface area contributed by atoms with Crippen LogP contribution < -0.4 is 10.9 Å². The lowest BCUT2D eigenvalue weighted by Crippen LogP contribution is -2.27. The fourth-order valence-electron chi connectivity index (χ4n) is 2.20. The summed E-state index contributed by atoms with van der Waals surface area (Å²) in [4.78, 5) is 31.8. The van der Waals surface area contributed by atoms with Gasteiger partial charge in [0.05, 0.1) is 17.9 Å². The van der Waals surface area contributed by atoms with Gasteiger partial charge in [-0.05, 0) is 25.3 Å². The molecule has 0 aromatic carbocycles. The Morgan fingerprint density at radius 3 is 3.05 bits per heavy atom. The monoisotopic (exact) mass is 303 g/mol. The number of aryl methyl sites for hydroxylation is 1. The van der Waals surface area contributed by atoms with Gasteiger partial charge >= 0.3 is 0 Å². The fourth-order valence-corrected chi connectivity index (χ4v) is 2.94. The first-order valence-electron chi connectivity index (χ1n) is 6.39. The second kappa shape index (κ2) is 5.17. The van der Waals surface area contributed by atoms with Crippen molar-refractivity contribution in [1.82, 2.24) is 15.3 Å². The average Bonchev–Trinajstić information content (AvgIpc) is 3.05. The van der Waals surface area contributed by atoms with Crippen molar-refractivity contribution in [2.75, 3.05) is 0 Å². The largest absolute Gasteiger partial charge is 0.442 e. The standard InChI is InChI=1S/C14H13N3O3S/c1-7(9-4-3-5-21-9)17-13(19)10-8(2)20-14-11(10)12(18)15-6-16-14/h3-7H,1-2H3,(H,17,19)(H,15,16,18)/t7-/m1/s1. The summed E-state index contributed by atoms with van der Waals surface area (Å²) in [7, 11) is 0. The van der Waals surface area contributed by atoms with E-state index in [-0.39, 0.29) is 34.2 Å². The van der Waals surface area contributed by atoms with E-state index in [4.69, 9.17) is 4.42 Å². The summed E-state index contributed by atoms with van der Waals surface area (Å²) < 4.78 is 5.38. The summed E-state index contributed by atoms with van der Waals surface area (Å²) in [6, 6.07) is 3.73. The molecule has 7 heteroatoms. The number of thiophene rings is 1. The van der Waals surface area contributed by atoms with E-state index in [1.165, 1.54) is 6.33 Å². The zero-order valence-corrected chi connectivity index (χ0v) is 12.3. The number of fused-ring (bicyclic) bond motifs is 1. The summed E-state index contributed by atoms with van der Waals surface area (Å²) in [5.41, 5.74) is 0.0266. The third-order valence-electron chi connectivity index (χ3n) is 3.21. The maximum absolute atomic E-state index is 12.5. The molecule has 0 saturated heterocycles. The molecule has 1 amide bonds. The number of H-pyrrole nitrogens is 1. The van der Waals surface area contributed by atoms with Crippen molar-refractivity contribution in [2.45, 2.75) is 19.9 Å². The van der Waals surface area contributed by atoms with E-state index in [1.807, 2.05) is 24.4 Å². The normalized spacial score (nSPS) is 12.5. The molecule has 0 aliphatic heterocycles. The number of aromatic amines is 1. The van der Waals surface area contributed by atoms with Gasteiger partial charge in [0.25, 0.3) is 11.5 Å². The highest BCUT2D eigenvalue weighted by molar-refractivity contribution is 7.10. The Bertz CT molecular complexity index is 848. The van der Waals surface area contributed by atoms with Crippen LogP contribution in [0.3, 0.4) is 0 Å². The Balaban J connectivity index is 1.99. The molecule has 0 spiro atoms. The molecule has 3 heterocycles. The minimum atomic E-state index is -0.384. The maximum Gasteiger partial charge on any atom is 0.262 e. The smallest absolute Gasteiger partial charge is 0.262 e. The predicted octanol–water partition coefficient (Wildman–Crippen LogP) is 2.38. The second-order valence-electron chi connectivity index (χ2n) is 4.66. The number of aromatic nitrogens is 2. The van der Waals surface area contributed by atoms with Gasteiger partial charge < -0.3 is 14.7 Å². The van der Waals surface area contributed by atoms with E-state index in [0.29, 0.717) is 5.76 Å². The third-order valence-corrected chi connectivity index (χ3v) is 4.27. The Morgan fingerprint density at radius 2 is 2.33 bits per heavy atom. The molecule has 0 unspecified atom stereocenters.